The van der Waals surface area contributed by atoms with Crippen LogP contribution in [-0.2, 0) is 18.9 Å². The first-order valence-corrected chi connectivity index (χ1v) is 5.30. The molecule has 0 aromatic carbocycles. The molecule has 0 spiro atoms. The second kappa shape index (κ2) is 4.35. The molecule has 88 valence electrons. The van der Waals surface area contributed by atoms with Gasteiger partial charge in [-0.1, -0.05) is 0 Å². The van der Waals surface area contributed by atoms with Crippen LogP contribution < -0.4 is 0 Å². The molecule has 2 atom stereocenters. The minimum absolute atomic E-state index is 0.284. The summed E-state index contributed by atoms with van der Waals surface area (Å²) in [7, 11) is 0. The molecule has 2 aliphatic heterocycles. The van der Waals surface area contributed by atoms with E-state index < -0.39 is 11.9 Å². The molecule has 0 aliphatic carbocycles. The van der Waals surface area contributed by atoms with Gasteiger partial charge >= 0.3 is 0 Å². The van der Waals surface area contributed by atoms with E-state index in [0.29, 0.717) is 26.2 Å². The summed E-state index contributed by atoms with van der Waals surface area (Å²) in [6.45, 7) is 5.29. The minimum atomic E-state index is -0.602. The van der Waals surface area contributed by atoms with E-state index in [1.54, 1.807) is 0 Å². The van der Waals surface area contributed by atoms with Crippen molar-refractivity contribution in [3.8, 4) is 0 Å². The van der Waals surface area contributed by atoms with Crippen LogP contribution in [0.4, 0.5) is 0 Å². The van der Waals surface area contributed by atoms with Crippen molar-refractivity contribution in [3.05, 3.63) is 0 Å². The Labute approximate surface area is 89.3 Å². The van der Waals surface area contributed by atoms with Gasteiger partial charge in [-0.3, -0.25) is 0 Å². The largest absolute Gasteiger partial charge is 0.390 e. The van der Waals surface area contributed by atoms with E-state index in [1.807, 2.05) is 13.8 Å². The van der Waals surface area contributed by atoms with Gasteiger partial charge in [0.25, 0.3) is 0 Å². The van der Waals surface area contributed by atoms with Crippen molar-refractivity contribution < 1.29 is 24.1 Å². The van der Waals surface area contributed by atoms with E-state index in [-0.39, 0.29) is 12.4 Å². The van der Waals surface area contributed by atoms with Gasteiger partial charge < -0.3 is 24.1 Å². The SMILES string of the molecule is CC1(C)OC[C@@H]([C@H](O)CC2OCCO2)O1. The van der Waals surface area contributed by atoms with Gasteiger partial charge in [0, 0.05) is 6.42 Å². The summed E-state index contributed by atoms with van der Waals surface area (Å²) in [5.41, 5.74) is 0. The van der Waals surface area contributed by atoms with Crippen LogP contribution >= 0.6 is 0 Å². The maximum Gasteiger partial charge on any atom is 0.163 e. The Morgan fingerprint density at radius 1 is 1.33 bits per heavy atom. The molecule has 2 heterocycles. The molecule has 1 N–H and O–H groups in total. The molecule has 0 unspecified atom stereocenters. The van der Waals surface area contributed by atoms with E-state index >= 15 is 0 Å². The predicted molar refractivity (Wildman–Crippen MR) is 51.2 cm³/mol. The summed E-state index contributed by atoms with van der Waals surface area (Å²) in [6, 6.07) is 0. The lowest BCUT2D eigenvalue weighted by molar-refractivity contribution is -0.159. The van der Waals surface area contributed by atoms with Crippen LogP contribution in [0.1, 0.15) is 20.3 Å². The molecule has 0 aromatic heterocycles. The zero-order chi connectivity index (χ0) is 10.9. The fourth-order valence-corrected chi connectivity index (χ4v) is 1.80. The number of hydrogen-bond acceptors (Lipinski definition) is 5. The lowest BCUT2D eigenvalue weighted by Gasteiger charge is -2.21. The Hall–Kier alpha value is -0.200. The molecule has 0 bridgehead atoms. The van der Waals surface area contributed by atoms with E-state index in [2.05, 4.69) is 0 Å². The van der Waals surface area contributed by atoms with Gasteiger partial charge in [0.15, 0.2) is 12.1 Å². The van der Waals surface area contributed by atoms with E-state index in [9.17, 15) is 5.11 Å². The van der Waals surface area contributed by atoms with Crippen LogP contribution in [0.2, 0.25) is 0 Å². The van der Waals surface area contributed by atoms with Crippen molar-refractivity contribution in [1.82, 2.24) is 0 Å². The van der Waals surface area contributed by atoms with Gasteiger partial charge in [-0.2, -0.15) is 0 Å². The number of hydrogen-bond donors (Lipinski definition) is 1. The Kier molecular flexibility index (Phi) is 3.27. The van der Waals surface area contributed by atoms with Crippen molar-refractivity contribution in [1.29, 1.82) is 0 Å². The lowest BCUT2D eigenvalue weighted by Crippen LogP contribution is -2.33. The quantitative estimate of drug-likeness (QED) is 0.736. The Bertz CT molecular complexity index is 212. The minimum Gasteiger partial charge on any atom is -0.390 e. The van der Waals surface area contributed by atoms with Gasteiger partial charge in [-0.05, 0) is 13.8 Å². The number of rotatable bonds is 3. The van der Waals surface area contributed by atoms with Gasteiger partial charge in [0.1, 0.15) is 6.10 Å². The topological polar surface area (TPSA) is 57.2 Å². The second-order valence-corrected chi connectivity index (χ2v) is 4.34. The summed E-state index contributed by atoms with van der Waals surface area (Å²) >= 11 is 0. The third kappa shape index (κ3) is 2.89. The number of aliphatic hydroxyl groups excluding tert-OH is 1. The molecule has 0 saturated carbocycles. The summed E-state index contributed by atoms with van der Waals surface area (Å²) < 4.78 is 21.4. The summed E-state index contributed by atoms with van der Waals surface area (Å²) in [6.07, 6.45) is -0.751. The van der Waals surface area contributed by atoms with Crippen LogP contribution in [0, 0.1) is 0 Å². The standard InChI is InChI=1S/C10H18O5/c1-10(2)14-6-8(15-10)7(11)5-9-12-3-4-13-9/h7-9,11H,3-6H2,1-2H3/t7-,8+/m1/s1. The maximum atomic E-state index is 9.88. The Balaban J connectivity index is 1.78. The predicted octanol–water partition coefficient (Wildman–Crippen LogP) is 0.262. The average molecular weight is 218 g/mol. The second-order valence-electron chi connectivity index (χ2n) is 4.34. The molecule has 0 radical (unpaired) electrons. The van der Waals surface area contributed by atoms with Gasteiger partial charge in [-0.15, -0.1) is 0 Å². The zero-order valence-corrected chi connectivity index (χ0v) is 9.14. The zero-order valence-electron chi connectivity index (χ0n) is 9.14. The smallest absolute Gasteiger partial charge is 0.163 e. The van der Waals surface area contributed by atoms with Crippen molar-refractivity contribution in [2.24, 2.45) is 0 Å². The summed E-state index contributed by atoms with van der Waals surface area (Å²) in [5.74, 6) is -0.594. The van der Waals surface area contributed by atoms with Crippen LogP contribution in [0.5, 0.6) is 0 Å². The highest BCUT2D eigenvalue weighted by atomic mass is 16.7. The molecule has 2 aliphatic rings. The monoisotopic (exact) mass is 218 g/mol. The fourth-order valence-electron chi connectivity index (χ4n) is 1.80. The third-order valence-electron chi connectivity index (χ3n) is 2.58. The van der Waals surface area contributed by atoms with Crippen LogP contribution in [0.25, 0.3) is 0 Å². The number of aliphatic hydroxyl groups is 1. The molecule has 2 saturated heterocycles. The average Bonchev–Trinajstić information content (AvgIpc) is 2.74. The van der Waals surface area contributed by atoms with Crippen LogP contribution in [0.15, 0.2) is 0 Å². The van der Waals surface area contributed by atoms with Gasteiger partial charge in [0.05, 0.1) is 25.9 Å². The highest BCUT2D eigenvalue weighted by Gasteiger charge is 2.38. The van der Waals surface area contributed by atoms with Crippen molar-refractivity contribution in [2.45, 2.75) is 44.6 Å². The van der Waals surface area contributed by atoms with E-state index in [4.69, 9.17) is 18.9 Å². The molecule has 0 aromatic rings. The highest BCUT2D eigenvalue weighted by Crippen LogP contribution is 2.26. The Morgan fingerprint density at radius 2 is 2.00 bits per heavy atom. The molecule has 2 fully saturated rings. The molecule has 15 heavy (non-hydrogen) atoms. The molecular weight excluding hydrogens is 200 g/mol. The number of ether oxygens (including phenoxy) is 4. The maximum absolute atomic E-state index is 9.88. The van der Waals surface area contributed by atoms with E-state index in [1.165, 1.54) is 0 Å². The molecule has 5 heteroatoms. The van der Waals surface area contributed by atoms with Gasteiger partial charge in [0.2, 0.25) is 0 Å². The molecule has 5 nitrogen and oxygen atoms in total. The van der Waals surface area contributed by atoms with Crippen molar-refractivity contribution >= 4 is 0 Å². The third-order valence-corrected chi connectivity index (χ3v) is 2.58. The molecular formula is C10H18O5. The Morgan fingerprint density at radius 3 is 2.53 bits per heavy atom. The summed E-state index contributed by atoms with van der Waals surface area (Å²) in [5, 5.41) is 9.88. The van der Waals surface area contributed by atoms with E-state index in [0.717, 1.165) is 0 Å². The van der Waals surface area contributed by atoms with Crippen LogP contribution in [-0.4, -0.2) is 49.2 Å². The highest BCUT2D eigenvalue weighted by molar-refractivity contribution is 4.78. The van der Waals surface area contributed by atoms with Crippen molar-refractivity contribution in [2.75, 3.05) is 19.8 Å². The normalized spacial score (nSPS) is 33.4. The molecule has 2 rings (SSSR count). The first kappa shape index (κ1) is 11.3. The first-order valence-electron chi connectivity index (χ1n) is 5.30. The van der Waals surface area contributed by atoms with Crippen molar-refractivity contribution in [3.63, 3.8) is 0 Å². The molecule has 0 amide bonds. The summed E-state index contributed by atoms with van der Waals surface area (Å²) in [4.78, 5) is 0. The van der Waals surface area contributed by atoms with Crippen LogP contribution in [0.3, 0.4) is 0 Å². The fraction of sp³-hybridized carbons (Fsp3) is 1.00. The first-order chi connectivity index (χ1) is 7.07. The van der Waals surface area contributed by atoms with Gasteiger partial charge in [-0.25, -0.2) is 0 Å². The lowest BCUT2D eigenvalue weighted by atomic mass is 10.1.